The first-order valence-electron chi connectivity index (χ1n) is 5.08. The predicted molar refractivity (Wildman–Crippen MR) is 75.0 cm³/mol. The highest BCUT2D eigenvalue weighted by Gasteiger charge is 2.14. The van der Waals surface area contributed by atoms with Gasteiger partial charge >= 0.3 is 5.69 Å². The van der Waals surface area contributed by atoms with Gasteiger partial charge in [-0.05, 0) is 39.8 Å². The summed E-state index contributed by atoms with van der Waals surface area (Å²) in [6.07, 6.45) is 0. The summed E-state index contributed by atoms with van der Waals surface area (Å²) in [4.78, 5) is 23.2. The summed E-state index contributed by atoms with van der Waals surface area (Å²) in [5.74, 6) is -0.609. The number of aromatic amines is 1. The molecule has 1 amide bonds. The van der Waals surface area contributed by atoms with E-state index >= 15 is 0 Å². The molecule has 9 heteroatoms. The second-order valence-corrected chi connectivity index (χ2v) is 5.57. The van der Waals surface area contributed by atoms with Gasteiger partial charge in [0, 0.05) is 22.1 Å². The fourth-order valence-corrected chi connectivity index (χ4v) is 2.83. The third kappa shape index (κ3) is 2.66. The van der Waals surface area contributed by atoms with Gasteiger partial charge in [0.1, 0.15) is 0 Å². The van der Waals surface area contributed by atoms with Crippen molar-refractivity contribution < 1.29 is 4.79 Å². The normalized spacial score (nSPS) is 10.6. The van der Waals surface area contributed by atoms with Crippen molar-refractivity contribution in [3.05, 3.63) is 32.7 Å². The number of H-pyrrole nitrogens is 1. The summed E-state index contributed by atoms with van der Waals surface area (Å²) in [5, 5.41) is 6.66. The minimum absolute atomic E-state index is 0.228. The first kappa shape index (κ1) is 13.7. The van der Waals surface area contributed by atoms with Crippen molar-refractivity contribution in [1.82, 2.24) is 14.8 Å². The van der Waals surface area contributed by atoms with Crippen LogP contribution in [0.5, 0.6) is 0 Å². The molecule has 0 bridgehead atoms. The molecule has 100 valence electrons. The van der Waals surface area contributed by atoms with Gasteiger partial charge in [-0.25, -0.2) is 9.89 Å². The number of halogens is 1. The Morgan fingerprint density at radius 3 is 2.74 bits per heavy atom. The van der Waals surface area contributed by atoms with Crippen LogP contribution in [0.15, 0.2) is 31.5 Å². The van der Waals surface area contributed by atoms with Crippen molar-refractivity contribution in [2.45, 2.75) is 10.1 Å². The molecule has 1 aromatic carbocycles. The Balaban J connectivity index is 2.45. The first-order chi connectivity index (χ1) is 8.90. The second kappa shape index (κ2) is 5.10. The number of carbonyl (C=O) groups excluding carboxylic acids is 1. The molecule has 0 aliphatic rings. The molecular formula is C10H10BrN5O2S. The van der Waals surface area contributed by atoms with Crippen LogP contribution >= 0.6 is 27.7 Å². The van der Waals surface area contributed by atoms with Crippen LogP contribution in [0.1, 0.15) is 10.4 Å². The number of aromatic nitrogens is 3. The number of rotatable bonds is 3. The van der Waals surface area contributed by atoms with Crippen molar-refractivity contribution in [2.75, 3.05) is 5.73 Å². The standard InChI is InChI=1S/C10H10BrN5O2S/c1-16-9(18)14-15-10(16)19-7-2-4(8(13)17)6(12)3-5(7)11/h2-3H,12H2,1H3,(H2,13,17)(H,14,18). The largest absolute Gasteiger partial charge is 0.398 e. The van der Waals surface area contributed by atoms with Gasteiger partial charge in [0.25, 0.3) is 5.91 Å². The Labute approximate surface area is 120 Å². The highest BCUT2D eigenvalue weighted by Crippen LogP contribution is 2.34. The van der Waals surface area contributed by atoms with Crippen molar-refractivity contribution in [1.29, 1.82) is 0 Å². The summed E-state index contributed by atoms with van der Waals surface area (Å²) in [6.45, 7) is 0. The van der Waals surface area contributed by atoms with Crippen molar-refractivity contribution in [3.8, 4) is 0 Å². The van der Waals surface area contributed by atoms with E-state index in [0.29, 0.717) is 20.2 Å². The van der Waals surface area contributed by atoms with Crippen molar-refractivity contribution in [2.24, 2.45) is 12.8 Å². The first-order valence-corrected chi connectivity index (χ1v) is 6.69. The second-order valence-electron chi connectivity index (χ2n) is 3.71. The quantitative estimate of drug-likeness (QED) is 0.708. The summed E-state index contributed by atoms with van der Waals surface area (Å²) in [7, 11) is 1.59. The van der Waals surface area contributed by atoms with E-state index in [4.69, 9.17) is 11.5 Å². The number of nitrogens with one attached hydrogen (secondary N) is 1. The topological polar surface area (TPSA) is 120 Å². The van der Waals surface area contributed by atoms with Crippen LogP contribution in [0.2, 0.25) is 0 Å². The molecule has 0 saturated heterocycles. The number of carbonyl (C=O) groups is 1. The third-order valence-corrected chi connectivity index (χ3v) is 4.43. The highest BCUT2D eigenvalue weighted by atomic mass is 79.9. The zero-order chi connectivity index (χ0) is 14.2. The van der Waals surface area contributed by atoms with Crippen LogP contribution < -0.4 is 17.2 Å². The molecule has 0 aliphatic heterocycles. The van der Waals surface area contributed by atoms with Gasteiger partial charge in [-0.15, -0.1) is 5.10 Å². The van der Waals surface area contributed by atoms with Gasteiger partial charge in [-0.2, -0.15) is 0 Å². The fourth-order valence-electron chi connectivity index (χ4n) is 1.38. The number of nitrogens with two attached hydrogens (primary N) is 2. The molecule has 7 nitrogen and oxygen atoms in total. The van der Waals surface area contributed by atoms with Gasteiger partial charge < -0.3 is 11.5 Å². The number of nitrogen functional groups attached to an aromatic ring is 1. The average Bonchev–Trinajstić information content (AvgIpc) is 2.64. The molecule has 0 spiro atoms. The number of amides is 1. The van der Waals surface area contributed by atoms with E-state index < -0.39 is 5.91 Å². The van der Waals surface area contributed by atoms with Gasteiger partial charge in [-0.1, -0.05) is 0 Å². The molecule has 0 unspecified atom stereocenters. The van der Waals surface area contributed by atoms with Gasteiger partial charge in [0.15, 0.2) is 5.16 Å². The van der Waals surface area contributed by atoms with E-state index in [1.807, 2.05) is 0 Å². The number of anilines is 1. The Hall–Kier alpha value is -1.74. The molecule has 0 saturated carbocycles. The van der Waals surface area contributed by atoms with Crippen LogP contribution in [0.3, 0.4) is 0 Å². The Morgan fingerprint density at radius 2 is 2.21 bits per heavy atom. The van der Waals surface area contributed by atoms with E-state index in [1.54, 1.807) is 19.2 Å². The maximum Gasteiger partial charge on any atom is 0.343 e. The minimum Gasteiger partial charge on any atom is -0.398 e. The van der Waals surface area contributed by atoms with Gasteiger partial charge in [0.05, 0.1) is 5.56 Å². The third-order valence-electron chi connectivity index (χ3n) is 2.41. The molecule has 0 radical (unpaired) electrons. The molecule has 0 fully saturated rings. The smallest absolute Gasteiger partial charge is 0.343 e. The lowest BCUT2D eigenvalue weighted by Gasteiger charge is -2.08. The molecule has 19 heavy (non-hydrogen) atoms. The lowest BCUT2D eigenvalue weighted by atomic mass is 10.2. The number of hydrogen-bond donors (Lipinski definition) is 3. The van der Waals surface area contributed by atoms with Crippen LogP contribution in [0.25, 0.3) is 0 Å². The van der Waals surface area contributed by atoms with E-state index in [0.717, 1.165) is 0 Å². The molecule has 1 aromatic heterocycles. The number of primary amides is 1. The van der Waals surface area contributed by atoms with Crippen LogP contribution in [-0.2, 0) is 7.05 Å². The molecule has 0 atom stereocenters. The van der Waals surface area contributed by atoms with Gasteiger partial charge in [-0.3, -0.25) is 9.36 Å². The lowest BCUT2D eigenvalue weighted by Crippen LogP contribution is -2.14. The van der Waals surface area contributed by atoms with E-state index in [-0.39, 0.29) is 11.3 Å². The zero-order valence-corrected chi connectivity index (χ0v) is 12.2. The SMILES string of the molecule is Cn1c(Sc2cc(C(N)=O)c(N)cc2Br)n[nH]c1=O. The number of benzene rings is 1. The predicted octanol–water partition coefficient (Wildman–Crippen LogP) is 0.703. The molecule has 5 N–H and O–H groups in total. The van der Waals surface area contributed by atoms with Crippen LogP contribution in [0, 0.1) is 0 Å². The lowest BCUT2D eigenvalue weighted by molar-refractivity contribution is 0.100. The molecular weight excluding hydrogens is 334 g/mol. The average molecular weight is 344 g/mol. The summed E-state index contributed by atoms with van der Waals surface area (Å²) in [5.41, 5.74) is 11.1. The van der Waals surface area contributed by atoms with Gasteiger partial charge in [0.2, 0.25) is 0 Å². The highest BCUT2D eigenvalue weighted by molar-refractivity contribution is 9.10. The molecule has 0 aliphatic carbocycles. The van der Waals surface area contributed by atoms with Crippen molar-refractivity contribution in [3.63, 3.8) is 0 Å². The Kier molecular flexibility index (Phi) is 3.67. The Bertz CT molecular complexity index is 708. The monoisotopic (exact) mass is 343 g/mol. The summed E-state index contributed by atoms with van der Waals surface area (Å²) < 4.78 is 2.05. The summed E-state index contributed by atoms with van der Waals surface area (Å²) in [6, 6.07) is 3.15. The maximum atomic E-state index is 11.3. The van der Waals surface area contributed by atoms with Crippen LogP contribution in [-0.4, -0.2) is 20.7 Å². The number of nitrogens with zero attached hydrogens (tertiary/aromatic N) is 2. The fraction of sp³-hybridized carbons (Fsp3) is 0.100. The summed E-state index contributed by atoms with van der Waals surface area (Å²) >= 11 is 4.55. The molecule has 1 heterocycles. The van der Waals surface area contributed by atoms with E-state index in [9.17, 15) is 9.59 Å². The molecule has 2 aromatic rings. The van der Waals surface area contributed by atoms with Crippen molar-refractivity contribution >= 4 is 39.3 Å². The van der Waals surface area contributed by atoms with E-state index in [2.05, 4.69) is 26.1 Å². The number of hydrogen-bond acceptors (Lipinski definition) is 5. The van der Waals surface area contributed by atoms with E-state index in [1.165, 1.54) is 16.3 Å². The Morgan fingerprint density at radius 1 is 1.53 bits per heavy atom. The van der Waals surface area contributed by atoms with Crippen LogP contribution in [0.4, 0.5) is 5.69 Å². The zero-order valence-electron chi connectivity index (χ0n) is 9.81. The minimum atomic E-state index is -0.609. The maximum absolute atomic E-state index is 11.3. The molecule has 2 rings (SSSR count).